The average Bonchev–Trinajstić information content (AvgIpc) is 2.32. The van der Waals surface area contributed by atoms with Gasteiger partial charge in [-0.3, -0.25) is 9.59 Å². The third-order valence-corrected chi connectivity index (χ3v) is 2.70. The van der Waals surface area contributed by atoms with Crippen molar-refractivity contribution in [2.75, 3.05) is 13.2 Å². The summed E-state index contributed by atoms with van der Waals surface area (Å²) >= 11 is 0. The number of alkyl halides is 5. The monoisotopic (exact) mass is 348 g/mol. The van der Waals surface area contributed by atoms with Crippen LogP contribution in [-0.4, -0.2) is 37.3 Å². The standard InChI is InChI=1S/C14H21F5O4/c1-9(7-12(2,3)4)11(21)22-6-5-10(20)23-8-13(15,16)14(17,18)19/h9H,5-8H2,1-4H3. The van der Waals surface area contributed by atoms with Gasteiger partial charge in [0, 0.05) is 0 Å². The Kier molecular flexibility index (Phi) is 7.43. The van der Waals surface area contributed by atoms with Crippen molar-refractivity contribution < 1.29 is 41.0 Å². The first-order valence-corrected chi connectivity index (χ1v) is 6.92. The maximum atomic E-state index is 12.5. The maximum absolute atomic E-state index is 12.5. The highest BCUT2D eigenvalue weighted by molar-refractivity contribution is 5.73. The first-order chi connectivity index (χ1) is 10.2. The van der Waals surface area contributed by atoms with Crippen LogP contribution in [0, 0.1) is 11.3 Å². The van der Waals surface area contributed by atoms with E-state index < -0.39 is 49.6 Å². The van der Waals surface area contributed by atoms with Gasteiger partial charge in [-0.1, -0.05) is 27.7 Å². The summed E-state index contributed by atoms with van der Waals surface area (Å²) in [6.45, 7) is 4.88. The van der Waals surface area contributed by atoms with Crippen molar-refractivity contribution in [3.8, 4) is 0 Å². The Morgan fingerprint density at radius 3 is 1.96 bits per heavy atom. The molecule has 0 aliphatic heterocycles. The lowest BCUT2D eigenvalue weighted by molar-refractivity contribution is -0.294. The van der Waals surface area contributed by atoms with Gasteiger partial charge >= 0.3 is 24.0 Å². The van der Waals surface area contributed by atoms with E-state index in [1.165, 1.54) is 0 Å². The molecule has 0 N–H and O–H groups in total. The molecule has 0 rings (SSSR count). The number of carbonyl (C=O) groups is 2. The quantitative estimate of drug-likeness (QED) is 0.520. The van der Waals surface area contributed by atoms with Gasteiger partial charge in [0.15, 0.2) is 6.61 Å². The minimum Gasteiger partial charge on any atom is -0.465 e. The Labute approximate surface area is 131 Å². The van der Waals surface area contributed by atoms with E-state index in [4.69, 9.17) is 4.74 Å². The van der Waals surface area contributed by atoms with Crippen molar-refractivity contribution in [3.63, 3.8) is 0 Å². The van der Waals surface area contributed by atoms with E-state index in [1.54, 1.807) is 6.92 Å². The summed E-state index contributed by atoms with van der Waals surface area (Å²) in [7, 11) is 0. The van der Waals surface area contributed by atoms with E-state index >= 15 is 0 Å². The normalized spacial score (nSPS) is 14.3. The molecule has 0 aromatic carbocycles. The van der Waals surface area contributed by atoms with E-state index in [1.807, 2.05) is 20.8 Å². The molecular weight excluding hydrogens is 327 g/mol. The van der Waals surface area contributed by atoms with E-state index in [-0.39, 0.29) is 5.41 Å². The van der Waals surface area contributed by atoms with Gasteiger partial charge in [0.05, 0.1) is 12.3 Å². The van der Waals surface area contributed by atoms with Crippen molar-refractivity contribution in [3.05, 3.63) is 0 Å². The van der Waals surface area contributed by atoms with Gasteiger partial charge in [-0.25, -0.2) is 0 Å². The van der Waals surface area contributed by atoms with Gasteiger partial charge in [0.1, 0.15) is 6.61 Å². The second-order valence-corrected chi connectivity index (χ2v) is 6.45. The van der Waals surface area contributed by atoms with Gasteiger partial charge in [0.25, 0.3) is 0 Å². The van der Waals surface area contributed by atoms with Gasteiger partial charge < -0.3 is 9.47 Å². The second kappa shape index (κ2) is 7.92. The maximum Gasteiger partial charge on any atom is 0.456 e. The molecule has 0 amide bonds. The van der Waals surface area contributed by atoms with Crippen LogP contribution in [0.2, 0.25) is 0 Å². The number of halogens is 5. The van der Waals surface area contributed by atoms with Crippen LogP contribution in [0.4, 0.5) is 22.0 Å². The van der Waals surface area contributed by atoms with E-state index in [0.29, 0.717) is 6.42 Å². The van der Waals surface area contributed by atoms with Crippen LogP contribution < -0.4 is 0 Å². The van der Waals surface area contributed by atoms with E-state index in [9.17, 15) is 31.5 Å². The van der Waals surface area contributed by atoms with Crippen LogP contribution in [0.5, 0.6) is 0 Å². The third-order valence-electron chi connectivity index (χ3n) is 2.70. The summed E-state index contributed by atoms with van der Waals surface area (Å²) in [5, 5.41) is 0. The Bertz CT molecular complexity index is 412. The first-order valence-electron chi connectivity index (χ1n) is 6.92. The molecule has 0 aliphatic rings. The molecule has 0 saturated carbocycles. The van der Waals surface area contributed by atoms with E-state index in [2.05, 4.69) is 4.74 Å². The Morgan fingerprint density at radius 2 is 1.52 bits per heavy atom. The summed E-state index contributed by atoms with van der Waals surface area (Å²) < 4.78 is 69.2. The SMILES string of the molecule is CC(CC(C)(C)C)C(=O)OCCC(=O)OCC(F)(F)C(F)(F)F. The molecule has 0 bridgehead atoms. The Hall–Kier alpha value is -1.41. The van der Waals surface area contributed by atoms with E-state index in [0.717, 1.165) is 0 Å². The van der Waals surface area contributed by atoms with Crippen molar-refractivity contribution >= 4 is 11.9 Å². The largest absolute Gasteiger partial charge is 0.465 e. The number of carbonyl (C=O) groups excluding carboxylic acids is 2. The lowest BCUT2D eigenvalue weighted by atomic mass is 9.85. The molecular formula is C14H21F5O4. The molecule has 0 spiro atoms. The lowest BCUT2D eigenvalue weighted by Gasteiger charge is -2.22. The molecule has 23 heavy (non-hydrogen) atoms. The highest BCUT2D eigenvalue weighted by Crippen LogP contribution is 2.35. The van der Waals surface area contributed by atoms with Crippen LogP contribution in [0.25, 0.3) is 0 Å². The number of ether oxygens (including phenoxy) is 2. The zero-order chi connectivity index (χ0) is 18.5. The summed E-state index contributed by atoms with van der Waals surface area (Å²) in [5.41, 5.74) is -0.111. The third kappa shape index (κ3) is 8.71. The number of esters is 2. The van der Waals surface area contributed by atoms with Crippen molar-refractivity contribution in [2.24, 2.45) is 11.3 Å². The zero-order valence-corrected chi connectivity index (χ0v) is 13.4. The number of hydrogen-bond acceptors (Lipinski definition) is 4. The van der Waals surface area contributed by atoms with Gasteiger partial charge in [0.2, 0.25) is 0 Å². The van der Waals surface area contributed by atoms with Crippen LogP contribution in [-0.2, 0) is 19.1 Å². The fourth-order valence-electron chi connectivity index (χ4n) is 1.70. The molecule has 0 aromatic heterocycles. The molecule has 9 heteroatoms. The molecule has 0 aromatic rings. The van der Waals surface area contributed by atoms with Crippen LogP contribution in [0.3, 0.4) is 0 Å². The Balaban J connectivity index is 4.11. The highest BCUT2D eigenvalue weighted by atomic mass is 19.4. The predicted octanol–water partition coefficient (Wildman–Crippen LogP) is 3.73. The molecule has 0 fully saturated rings. The predicted molar refractivity (Wildman–Crippen MR) is 70.8 cm³/mol. The van der Waals surface area contributed by atoms with Gasteiger partial charge in [-0.2, -0.15) is 22.0 Å². The van der Waals surface area contributed by atoms with Crippen LogP contribution >= 0.6 is 0 Å². The molecule has 0 heterocycles. The minimum atomic E-state index is -5.79. The number of hydrogen-bond donors (Lipinski definition) is 0. The Morgan fingerprint density at radius 1 is 1.00 bits per heavy atom. The highest BCUT2D eigenvalue weighted by Gasteiger charge is 2.58. The summed E-state index contributed by atoms with van der Waals surface area (Å²) in [6, 6.07) is 0. The van der Waals surface area contributed by atoms with Gasteiger partial charge in [-0.15, -0.1) is 0 Å². The second-order valence-electron chi connectivity index (χ2n) is 6.45. The van der Waals surface area contributed by atoms with Crippen molar-refractivity contribution in [2.45, 2.75) is 52.6 Å². The molecule has 0 radical (unpaired) electrons. The van der Waals surface area contributed by atoms with Crippen LogP contribution in [0.15, 0.2) is 0 Å². The summed E-state index contributed by atoms with van der Waals surface area (Å²) in [6.07, 6.45) is -5.85. The molecule has 1 atom stereocenters. The zero-order valence-electron chi connectivity index (χ0n) is 13.4. The lowest BCUT2D eigenvalue weighted by Crippen LogP contribution is -2.41. The molecule has 1 unspecified atom stereocenters. The number of rotatable bonds is 7. The fourth-order valence-corrected chi connectivity index (χ4v) is 1.70. The van der Waals surface area contributed by atoms with Crippen LogP contribution in [0.1, 0.15) is 40.5 Å². The molecule has 0 aliphatic carbocycles. The van der Waals surface area contributed by atoms with Crippen molar-refractivity contribution in [1.29, 1.82) is 0 Å². The molecule has 0 saturated heterocycles. The smallest absolute Gasteiger partial charge is 0.456 e. The van der Waals surface area contributed by atoms with Gasteiger partial charge in [-0.05, 0) is 11.8 Å². The average molecular weight is 348 g/mol. The first kappa shape index (κ1) is 21.6. The minimum absolute atomic E-state index is 0.111. The molecule has 4 nitrogen and oxygen atoms in total. The molecule has 136 valence electrons. The summed E-state index contributed by atoms with van der Waals surface area (Å²) in [5.74, 6) is -7.42. The fraction of sp³-hybridized carbons (Fsp3) is 0.857. The summed E-state index contributed by atoms with van der Waals surface area (Å²) in [4.78, 5) is 22.7. The topological polar surface area (TPSA) is 52.6 Å². The van der Waals surface area contributed by atoms with Crippen molar-refractivity contribution in [1.82, 2.24) is 0 Å².